The fourth-order valence-electron chi connectivity index (χ4n) is 17.0. The Hall–Kier alpha value is -9.78. The molecular weight excluding hydrogens is 1760 g/mol. The molecule has 9 aromatic rings. The third-order valence-electron chi connectivity index (χ3n) is 20.8. The Morgan fingerprint density at radius 3 is 1.05 bits per heavy atom. The Morgan fingerprint density at radius 2 is 0.729 bits per heavy atom. The summed E-state index contributed by atoms with van der Waals surface area (Å²) in [7, 11) is 5.62. The van der Waals surface area contributed by atoms with Gasteiger partial charge in [-0.05, 0) is 226 Å². The maximum atomic E-state index is 12.3. The van der Waals surface area contributed by atoms with Gasteiger partial charge in [0.2, 0.25) is 0 Å². The number of carboxylic acids is 6. The molecule has 3 aliphatic heterocycles. The summed E-state index contributed by atoms with van der Waals surface area (Å²) in [5, 5.41) is 68.5. The van der Waals surface area contributed by atoms with Gasteiger partial charge in [0.1, 0.15) is 84.4 Å². The number of halogens is 2. The summed E-state index contributed by atoms with van der Waals surface area (Å²) in [6, 6.07) is 25.5. The molecule has 27 heteroatoms. The summed E-state index contributed by atoms with van der Waals surface area (Å²) in [5.74, 6) is -5.51. The van der Waals surface area contributed by atoms with Crippen LogP contribution in [0.25, 0.3) is 11.4 Å². The van der Waals surface area contributed by atoms with Crippen molar-refractivity contribution >= 4 is 116 Å². The molecule has 0 fully saturated rings. The maximum absolute atomic E-state index is 12.3. The molecule has 0 spiro atoms. The number of imidazole rings is 3. The van der Waals surface area contributed by atoms with E-state index in [9.17, 15) is 59.4 Å². The van der Waals surface area contributed by atoms with Crippen LogP contribution in [-0.2, 0) is 51.5 Å². The second-order valence-corrected chi connectivity index (χ2v) is 43.1. The summed E-state index contributed by atoms with van der Waals surface area (Å²) in [6.07, 6.45) is 12.2. The number of anilines is 2. The van der Waals surface area contributed by atoms with Crippen LogP contribution in [-0.4, -0.2) is 137 Å². The third kappa shape index (κ3) is 23.4. The molecule has 631 valence electrons. The number of aromatic carboxylic acids is 3. The van der Waals surface area contributed by atoms with Gasteiger partial charge in [-0.25, -0.2) is 37.2 Å². The molecule has 0 saturated carbocycles. The van der Waals surface area contributed by atoms with E-state index in [1.165, 1.54) is 36.0 Å². The predicted octanol–water partition coefficient (Wildman–Crippen LogP) is 7.41. The van der Waals surface area contributed by atoms with Crippen LogP contribution >= 0.6 is 40.0 Å². The van der Waals surface area contributed by atoms with E-state index in [0.29, 0.717) is 48.0 Å². The van der Waals surface area contributed by atoms with Crippen LogP contribution in [0, 0.1) is 125 Å². The number of carboxylic acid groups (broad SMARTS) is 6. The molecule has 3 aromatic heterocycles. The number of benzene rings is 6. The number of rotatable bonds is 15. The monoisotopic (exact) mass is 1870 g/mol. The number of nitrogens with zero attached hydrogens (tertiary/aromatic N) is 12. The number of hydrogen-bond donors (Lipinski definition) is 0. The van der Waals surface area contributed by atoms with E-state index in [4.69, 9.17) is 0 Å². The van der Waals surface area contributed by atoms with Gasteiger partial charge in [-0.15, -0.1) is 0 Å². The molecule has 6 heterocycles. The Balaban J connectivity index is 0.000000226. The van der Waals surface area contributed by atoms with E-state index in [2.05, 4.69) is 140 Å². The molecular formula is C91H116I2N12O12V. The van der Waals surface area contributed by atoms with Crippen LogP contribution < -0.4 is 54.1 Å². The number of hydrogen-bond acceptors (Lipinski definition) is 15. The van der Waals surface area contributed by atoms with E-state index in [0.717, 1.165) is 138 Å². The van der Waals surface area contributed by atoms with E-state index < -0.39 is 35.8 Å². The first-order valence-electron chi connectivity index (χ1n) is 39.4. The summed E-state index contributed by atoms with van der Waals surface area (Å²) in [4.78, 5) is 74.2. The zero-order valence-electron chi connectivity index (χ0n) is 73.4. The van der Waals surface area contributed by atoms with Gasteiger partial charge < -0.3 is 59.4 Å². The number of amidine groups is 3. The van der Waals surface area contributed by atoms with Crippen LogP contribution in [0.1, 0.15) is 179 Å². The topological polar surface area (TPSA) is 286 Å². The molecule has 3 aliphatic rings. The molecule has 0 N–H and O–H groups in total. The van der Waals surface area contributed by atoms with Crippen LogP contribution in [0.15, 0.2) is 110 Å². The minimum atomic E-state index is -1.20. The number of carbonyl (C=O) groups is 6. The van der Waals surface area contributed by atoms with Gasteiger partial charge in [-0.2, -0.15) is 9.13 Å². The van der Waals surface area contributed by atoms with Gasteiger partial charge in [-0.3, -0.25) is 9.48 Å². The minimum absolute atomic E-state index is 0.120. The SMILES string of the molecule is CC(C)N1CCC[N+](C(C)C)=C1C(=O)[O-].CCn1cc[n+](C)c1C(=O)[O-].Cc1cc(C)c(-n2cc[n+](-c3c(C)cc(C)cc3C)c2C(=O)[O-])c(C)c1.Cc1cc(C)c(N2CCC[N+](c3c(C)cc(C)cc3C)=C2C(=O)[O-])c(C)c1.Cc1cc(C)c(N2CC[N+](c3c(C)cc(C)cc3C)=C2C(=O)[O-])c(C)c1.Cn1cc[n+](C)c1C(=O)[O-].[I][V][I]. The molecule has 0 radical (unpaired) electrons. The van der Waals surface area contributed by atoms with Crippen LogP contribution in [0.5, 0.6) is 0 Å². The summed E-state index contributed by atoms with van der Waals surface area (Å²) in [6.45, 7) is 51.4. The fourth-order valence-corrected chi connectivity index (χ4v) is 17.0. The predicted molar refractivity (Wildman–Crippen MR) is 463 cm³/mol. The van der Waals surface area contributed by atoms with Crippen molar-refractivity contribution in [3.8, 4) is 11.4 Å². The average Bonchev–Trinajstić information content (AvgIpc) is 1.60. The summed E-state index contributed by atoms with van der Waals surface area (Å²) >= 11 is 4.74. The number of aryl methyl sites for hydroxylation is 22. The van der Waals surface area contributed by atoms with Gasteiger partial charge in [-0.1, -0.05) is 106 Å². The van der Waals surface area contributed by atoms with Crippen molar-refractivity contribution < 1.29 is 96.3 Å². The Kier molecular flexibility index (Phi) is 35.2. The normalized spacial score (nSPS) is 13.1. The number of aliphatic carboxylic acids is 3. The molecule has 0 saturated heterocycles. The van der Waals surface area contributed by atoms with Crippen molar-refractivity contribution in [2.75, 3.05) is 49.1 Å². The molecule has 0 amide bonds. The van der Waals surface area contributed by atoms with Crippen LogP contribution in [0.2, 0.25) is 0 Å². The molecule has 12 rings (SSSR count). The molecule has 0 bridgehead atoms. The van der Waals surface area contributed by atoms with Crippen molar-refractivity contribution in [3.05, 3.63) is 228 Å². The van der Waals surface area contributed by atoms with Gasteiger partial charge in [0.15, 0.2) is 35.8 Å². The number of carbonyl (C=O) groups excluding carboxylic acids is 6. The average molecular weight is 1870 g/mol. The zero-order valence-corrected chi connectivity index (χ0v) is 79.1. The number of aromatic nitrogens is 6. The van der Waals surface area contributed by atoms with Crippen molar-refractivity contribution in [2.24, 2.45) is 21.1 Å². The molecule has 0 aliphatic carbocycles. The standard InChI is InChI=1S/C23H28N2O2.C22H26N2O2.C22H24N2O2.C11H20N2O2.C7H10N2O2.C6H8N2O2.2HI.V/c1-14-10-16(3)20(17(4)11-14)24-8-7-9-25(22(24)23(26)27)21-18(5)12-15(2)13-19(21)6;2*1-13-9-15(3)19(16(4)10-13)23-7-8-24(21(23)22(25)26)20-17(5)11-14(2)12-18(20)6;1-8(2)12-6-5-7-13(9(3)4)10(12)11(14)15;1-3-9-5-4-8(2)6(9)7(10)11;1-7-3-4-8(2)5(7)6(9)10;;;/h10-13H,7-9H2,1-6H3;9-12H,7-8H2,1-6H3;7-12H,1-6H3;8-9H,5-7H2,1-4H3;4-5H,3H2,1-2H3;3-4H,1-2H3;2*1H;/q;;;;;;;;+2/p-2. The van der Waals surface area contributed by atoms with Crippen molar-refractivity contribution in [1.29, 1.82) is 0 Å². The van der Waals surface area contributed by atoms with Crippen molar-refractivity contribution in [1.82, 2.24) is 18.6 Å². The van der Waals surface area contributed by atoms with E-state index in [1.807, 2.05) is 160 Å². The van der Waals surface area contributed by atoms with Gasteiger partial charge in [0, 0.05) is 12.8 Å². The second-order valence-electron chi connectivity index (χ2n) is 31.4. The first kappa shape index (κ1) is 97.1. The first-order chi connectivity index (χ1) is 55.3. The van der Waals surface area contributed by atoms with E-state index in [-0.39, 0.29) is 41.2 Å². The van der Waals surface area contributed by atoms with E-state index >= 15 is 0 Å². The molecule has 0 atom stereocenters. The summed E-state index contributed by atoms with van der Waals surface area (Å²) < 4.78 is 15.3. The molecule has 118 heavy (non-hydrogen) atoms. The van der Waals surface area contributed by atoms with Crippen molar-refractivity contribution in [3.63, 3.8) is 0 Å². The summed E-state index contributed by atoms with van der Waals surface area (Å²) in [5.41, 5.74) is 25.5. The Bertz CT molecular complexity index is 5140. The molecule has 0 unspecified atom stereocenters. The molecule has 6 aromatic carbocycles. The Morgan fingerprint density at radius 1 is 0.398 bits per heavy atom. The van der Waals surface area contributed by atoms with Crippen LogP contribution in [0.3, 0.4) is 0 Å². The fraction of sp³-hybridized carbons (Fsp3) is 0.407. The quantitative estimate of drug-likeness (QED) is 0.0713. The zero-order chi connectivity index (χ0) is 88.7. The first-order valence-corrected chi connectivity index (χ1v) is 48.4. The third-order valence-corrected chi connectivity index (χ3v) is 20.8. The van der Waals surface area contributed by atoms with Gasteiger partial charge >= 0.3 is 78.6 Å². The molecule has 24 nitrogen and oxygen atoms in total. The van der Waals surface area contributed by atoms with Gasteiger partial charge in [0.05, 0.1) is 66.0 Å². The van der Waals surface area contributed by atoms with Crippen LogP contribution in [0.4, 0.5) is 22.7 Å². The van der Waals surface area contributed by atoms with Gasteiger partial charge in [0.25, 0.3) is 5.84 Å². The van der Waals surface area contributed by atoms with Crippen molar-refractivity contribution in [2.45, 2.75) is 191 Å². The second kappa shape index (κ2) is 42.8. The Labute approximate surface area is 725 Å². The van der Waals surface area contributed by atoms with E-state index in [1.54, 1.807) is 72.0 Å².